The highest BCUT2D eigenvalue weighted by Crippen LogP contribution is 2.15. The molecule has 0 unspecified atom stereocenters. The molecule has 1 heterocycles. The molecule has 0 atom stereocenters. The SMILES string of the molecule is CCN(CC)CCNC(=O)c1cnc(C)cc1Cl. The first-order valence-corrected chi connectivity index (χ1v) is 6.59. The van der Waals surface area contributed by atoms with Gasteiger partial charge in [-0.1, -0.05) is 25.4 Å². The smallest absolute Gasteiger partial charge is 0.254 e. The molecule has 5 heteroatoms. The van der Waals surface area contributed by atoms with Gasteiger partial charge in [0, 0.05) is 25.0 Å². The molecule has 0 radical (unpaired) electrons. The summed E-state index contributed by atoms with van der Waals surface area (Å²) >= 11 is 6.01. The van der Waals surface area contributed by atoms with Crippen molar-refractivity contribution in [2.45, 2.75) is 20.8 Å². The van der Waals surface area contributed by atoms with Crippen LogP contribution in [0.4, 0.5) is 0 Å². The van der Waals surface area contributed by atoms with Crippen molar-refractivity contribution in [1.82, 2.24) is 15.2 Å². The molecule has 1 rings (SSSR count). The number of nitrogens with zero attached hydrogens (tertiary/aromatic N) is 2. The lowest BCUT2D eigenvalue weighted by Crippen LogP contribution is -2.34. The highest BCUT2D eigenvalue weighted by Gasteiger charge is 2.10. The van der Waals surface area contributed by atoms with Crippen LogP contribution in [0.15, 0.2) is 12.3 Å². The zero-order valence-electron chi connectivity index (χ0n) is 11.2. The summed E-state index contributed by atoms with van der Waals surface area (Å²) in [5.41, 5.74) is 1.24. The van der Waals surface area contributed by atoms with E-state index < -0.39 is 0 Å². The topological polar surface area (TPSA) is 45.2 Å². The van der Waals surface area contributed by atoms with Crippen LogP contribution in [-0.4, -0.2) is 42.0 Å². The van der Waals surface area contributed by atoms with Gasteiger partial charge in [0.1, 0.15) is 0 Å². The van der Waals surface area contributed by atoms with E-state index in [9.17, 15) is 4.79 Å². The maximum atomic E-state index is 11.9. The first kappa shape index (κ1) is 14.9. The van der Waals surface area contributed by atoms with Crippen molar-refractivity contribution < 1.29 is 4.79 Å². The van der Waals surface area contributed by atoms with Crippen LogP contribution in [0.3, 0.4) is 0 Å². The molecular weight excluding hydrogens is 250 g/mol. The van der Waals surface area contributed by atoms with Gasteiger partial charge in [-0.2, -0.15) is 0 Å². The fraction of sp³-hybridized carbons (Fsp3) is 0.538. The monoisotopic (exact) mass is 269 g/mol. The molecule has 0 aliphatic heterocycles. The number of halogens is 1. The summed E-state index contributed by atoms with van der Waals surface area (Å²) in [5.74, 6) is -0.167. The van der Waals surface area contributed by atoms with Gasteiger partial charge >= 0.3 is 0 Å². The maximum absolute atomic E-state index is 11.9. The van der Waals surface area contributed by atoms with E-state index in [0.717, 1.165) is 25.3 Å². The lowest BCUT2D eigenvalue weighted by atomic mass is 10.2. The molecule has 0 aliphatic carbocycles. The Labute approximate surface area is 113 Å². The van der Waals surface area contributed by atoms with E-state index in [1.54, 1.807) is 6.07 Å². The number of nitrogens with one attached hydrogen (secondary N) is 1. The highest BCUT2D eigenvalue weighted by atomic mass is 35.5. The zero-order chi connectivity index (χ0) is 13.5. The number of amides is 1. The van der Waals surface area contributed by atoms with Crippen molar-refractivity contribution in [3.05, 3.63) is 28.5 Å². The molecule has 1 aromatic heterocycles. The molecule has 4 nitrogen and oxygen atoms in total. The number of pyridine rings is 1. The van der Waals surface area contributed by atoms with Crippen LogP contribution in [-0.2, 0) is 0 Å². The lowest BCUT2D eigenvalue weighted by Gasteiger charge is -2.18. The molecule has 1 aromatic rings. The summed E-state index contributed by atoms with van der Waals surface area (Å²) in [6.07, 6.45) is 1.52. The molecule has 0 aromatic carbocycles. The predicted octanol–water partition coefficient (Wildman–Crippen LogP) is 2.12. The molecule has 0 aliphatic rings. The molecule has 1 amide bonds. The van der Waals surface area contributed by atoms with Crippen molar-refractivity contribution in [1.29, 1.82) is 0 Å². The second kappa shape index (κ2) is 7.34. The third kappa shape index (κ3) is 4.27. The van der Waals surface area contributed by atoms with Crippen LogP contribution in [0, 0.1) is 6.92 Å². The minimum absolute atomic E-state index is 0.167. The molecule has 1 N–H and O–H groups in total. The number of hydrogen-bond acceptors (Lipinski definition) is 3. The fourth-order valence-corrected chi connectivity index (χ4v) is 1.95. The van der Waals surface area contributed by atoms with Gasteiger partial charge in [0.15, 0.2) is 0 Å². The molecule has 0 fully saturated rings. The maximum Gasteiger partial charge on any atom is 0.254 e. The van der Waals surface area contributed by atoms with Gasteiger partial charge in [-0.05, 0) is 26.1 Å². The number of aryl methyl sites for hydroxylation is 1. The minimum Gasteiger partial charge on any atom is -0.351 e. The molecule has 18 heavy (non-hydrogen) atoms. The Bertz CT molecular complexity index is 405. The van der Waals surface area contributed by atoms with Gasteiger partial charge in [-0.3, -0.25) is 9.78 Å². The van der Waals surface area contributed by atoms with Crippen LogP contribution in [0.5, 0.6) is 0 Å². The van der Waals surface area contributed by atoms with Crippen molar-refractivity contribution in [3.8, 4) is 0 Å². The second-order valence-corrected chi connectivity index (χ2v) is 4.50. The average molecular weight is 270 g/mol. The van der Waals surface area contributed by atoms with Gasteiger partial charge in [0.2, 0.25) is 0 Å². The summed E-state index contributed by atoms with van der Waals surface area (Å²) in [6.45, 7) is 9.48. The quantitative estimate of drug-likeness (QED) is 0.860. The lowest BCUT2D eigenvalue weighted by molar-refractivity contribution is 0.0948. The van der Waals surface area contributed by atoms with E-state index in [-0.39, 0.29) is 5.91 Å². The van der Waals surface area contributed by atoms with Crippen molar-refractivity contribution >= 4 is 17.5 Å². The third-order valence-corrected chi connectivity index (χ3v) is 3.16. The summed E-state index contributed by atoms with van der Waals surface area (Å²) in [7, 11) is 0. The number of hydrogen-bond donors (Lipinski definition) is 1. The Morgan fingerprint density at radius 1 is 1.44 bits per heavy atom. The van der Waals surface area contributed by atoms with Gasteiger partial charge < -0.3 is 10.2 Å². The number of carbonyl (C=O) groups excluding carboxylic acids is 1. The molecule has 0 saturated carbocycles. The summed E-state index contributed by atoms with van der Waals surface area (Å²) in [6, 6.07) is 1.70. The molecule has 0 bridgehead atoms. The van der Waals surface area contributed by atoms with Crippen LogP contribution >= 0.6 is 11.6 Å². The Morgan fingerprint density at radius 3 is 2.67 bits per heavy atom. The largest absolute Gasteiger partial charge is 0.351 e. The fourth-order valence-electron chi connectivity index (χ4n) is 1.66. The molecule has 0 saturated heterocycles. The van der Waals surface area contributed by atoms with Crippen LogP contribution in [0.25, 0.3) is 0 Å². The Hall–Kier alpha value is -1.13. The van der Waals surface area contributed by atoms with Crippen LogP contribution < -0.4 is 5.32 Å². The summed E-state index contributed by atoms with van der Waals surface area (Å²) in [4.78, 5) is 18.2. The normalized spacial score (nSPS) is 10.7. The van der Waals surface area contributed by atoms with E-state index in [2.05, 4.69) is 29.0 Å². The van der Waals surface area contributed by atoms with E-state index in [1.165, 1.54) is 6.20 Å². The Balaban J connectivity index is 2.50. The van der Waals surface area contributed by atoms with Crippen molar-refractivity contribution in [3.63, 3.8) is 0 Å². The zero-order valence-corrected chi connectivity index (χ0v) is 11.9. The van der Waals surface area contributed by atoms with Crippen molar-refractivity contribution in [2.75, 3.05) is 26.2 Å². The predicted molar refractivity (Wildman–Crippen MR) is 74.1 cm³/mol. The van der Waals surface area contributed by atoms with Gasteiger partial charge in [-0.25, -0.2) is 0 Å². The minimum atomic E-state index is -0.167. The summed E-state index contributed by atoms with van der Waals surface area (Å²) < 4.78 is 0. The first-order valence-electron chi connectivity index (χ1n) is 6.21. The standard InChI is InChI=1S/C13H20ClN3O/c1-4-17(5-2)7-6-15-13(18)11-9-16-10(3)8-12(11)14/h8-9H,4-7H2,1-3H3,(H,15,18). The van der Waals surface area contributed by atoms with Crippen LogP contribution in [0.2, 0.25) is 5.02 Å². The molecule has 0 spiro atoms. The van der Waals surface area contributed by atoms with E-state index in [0.29, 0.717) is 17.1 Å². The highest BCUT2D eigenvalue weighted by molar-refractivity contribution is 6.33. The third-order valence-electron chi connectivity index (χ3n) is 2.84. The van der Waals surface area contributed by atoms with E-state index >= 15 is 0 Å². The summed E-state index contributed by atoms with van der Waals surface area (Å²) in [5, 5.41) is 3.30. The van der Waals surface area contributed by atoms with Gasteiger partial charge in [-0.15, -0.1) is 0 Å². The number of likely N-dealkylation sites (N-methyl/N-ethyl adjacent to an activating group) is 1. The Morgan fingerprint density at radius 2 is 2.11 bits per heavy atom. The number of rotatable bonds is 6. The Kier molecular flexibility index (Phi) is 6.09. The molecule has 100 valence electrons. The second-order valence-electron chi connectivity index (χ2n) is 4.09. The number of carbonyl (C=O) groups is 1. The average Bonchev–Trinajstić information content (AvgIpc) is 2.34. The van der Waals surface area contributed by atoms with Crippen molar-refractivity contribution in [2.24, 2.45) is 0 Å². The number of aromatic nitrogens is 1. The van der Waals surface area contributed by atoms with Gasteiger partial charge in [0.25, 0.3) is 5.91 Å². The van der Waals surface area contributed by atoms with Crippen LogP contribution in [0.1, 0.15) is 29.9 Å². The first-order chi connectivity index (χ1) is 8.58. The molecular formula is C13H20ClN3O. The van der Waals surface area contributed by atoms with E-state index in [4.69, 9.17) is 11.6 Å². The van der Waals surface area contributed by atoms with Gasteiger partial charge in [0.05, 0.1) is 10.6 Å². The van der Waals surface area contributed by atoms with E-state index in [1.807, 2.05) is 6.92 Å².